The molecule has 0 radical (unpaired) electrons. The van der Waals surface area contributed by atoms with Gasteiger partial charge in [0.25, 0.3) is 0 Å². The number of amides is 2. The van der Waals surface area contributed by atoms with Crippen LogP contribution in [0.5, 0.6) is 0 Å². The smallest absolute Gasteiger partial charge is 0.316 e. The van der Waals surface area contributed by atoms with Crippen LogP contribution in [0, 0.1) is 11.3 Å². The van der Waals surface area contributed by atoms with E-state index in [1.54, 1.807) is 0 Å². The first-order valence-electron chi connectivity index (χ1n) is 13.8. The van der Waals surface area contributed by atoms with Gasteiger partial charge >= 0.3 is 6.03 Å². The summed E-state index contributed by atoms with van der Waals surface area (Å²) in [7, 11) is 0. The predicted octanol–water partition coefficient (Wildman–Crippen LogP) is 6.02. The zero-order valence-electron chi connectivity index (χ0n) is 23.9. The van der Waals surface area contributed by atoms with E-state index in [9.17, 15) is 9.59 Å². The molecule has 1 atom stereocenters. The van der Waals surface area contributed by atoms with Crippen LogP contribution in [0.15, 0.2) is 71.0 Å². The highest BCUT2D eigenvalue weighted by Gasteiger charge is 2.16. The van der Waals surface area contributed by atoms with Gasteiger partial charge in [0, 0.05) is 42.8 Å². The summed E-state index contributed by atoms with van der Waals surface area (Å²) >= 11 is 0. The largest absolute Gasteiger partial charge is 0.395 e. The van der Waals surface area contributed by atoms with Crippen molar-refractivity contribution in [3.63, 3.8) is 0 Å². The second kappa shape index (κ2) is 19.0. The van der Waals surface area contributed by atoms with E-state index < -0.39 is 0 Å². The van der Waals surface area contributed by atoms with Crippen LogP contribution in [0.25, 0.3) is 0 Å². The van der Waals surface area contributed by atoms with E-state index in [1.165, 1.54) is 0 Å². The van der Waals surface area contributed by atoms with E-state index in [0.717, 1.165) is 35.3 Å². The Labute approximate surface area is 229 Å². The second-order valence-electron chi connectivity index (χ2n) is 9.80. The van der Waals surface area contributed by atoms with Crippen LogP contribution in [0.2, 0.25) is 0 Å². The van der Waals surface area contributed by atoms with E-state index in [0.29, 0.717) is 37.8 Å². The molecule has 210 valence electrons. The van der Waals surface area contributed by atoms with Gasteiger partial charge in [-0.25, -0.2) is 4.79 Å². The normalized spacial score (nSPS) is 15.1. The van der Waals surface area contributed by atoms with Crippen LogP contribution in [0.3, 0.4) is 0 Å². The molecule has 7 nitrogen and oxygen atoms in total. The third-order valence-corrected chi connectivity index (χ3v) is 6.17. The third-order valence-electron chi connectivity index (χ3n) is 6.17. The molecule has 0 bridgehead atoms. The van der Waals surface area contributed by atoms with Gasteiger partial charge in [-0.05, 0) is 56.3 Å². The molecule has 7 heteroatoms. The van der Waals surface area contributed by atoms with Crippen molar-refractivity contribution < 1.29 is 14.7 Å². The van der Waals surface area contributed by atoms with Crippen molar-refractivity contribution in [2.75, 3.05) is 13.2 Å². The molecule has 0 heterocycles. The maximum atomic E-state index is 12.9. The highest BCUT2D eigenvalue weighted by Crippen LogP contribution is 2.22. The summed E-state index contributed by atoms with van der Waals surface area (Å²) in [4.78, 5) is 25.2. The van der Waals surface area contributed by atoms with Gasteiger partial charge in [-0.2, -0.15) is 0 Å². The predicted molar refractivity (Wildman–Crippen MR) is 158 cm³/mol. The first-order valence-corrected chi connectivity index (χ1v) is 13.8. The number of carbonyl (C=O) groups is 2. The molecule has 0 saturated carbocycles. The Morgan fingerprint density at radius 1 is 1.16 bits per heavy atom. The van der Waals surface area contributed by atoms with E-state index in [2.05, 4.69) is 42.8 Å². The van der Waals surface area contributed by atoms with E-state index in [4.69, 9.17) is 10.5 Å². The standard InChI is InChI=1S/C31H48N4O3/c1-6-8-14-25(22-28(24(5)23(3)4)29(37)13-7-2)21-26(32)17-18-30(35-31(38)33-19-20-36)34-27-15-11-9-10-12-16-27/h8-12,14-15,22-23,30,32,34,36H,6-7,13,16-21H2,1-5H3,(H2,33,35,38)/b14-8-,25-22+,28-24-,32-26?. The summed E-state index contributed by atoms with van der Waals surface area (Å²) in [5, 5.41) is 26.6. The fourth-order valence-electron chi connectivity index (χ4n) is 3.82. The number of nitrogens with one attached hydrogen (secondary N) is 4. The number of aliphatic hydroxyl groups is 1. The van der Waals surface area contributed by atoms with E-state index in [-0.39, 0.29) is 37.0 Å². The van der Waals surface area contributed by atoms with Gasteiger partial charge in [0.1, 0.15) is 6.17 Å². The second-order valence-corrected chi connectivity index (χ2v) is 9.80. The lowest BCUT2D eigenvalue weighted by atomic mass is 9.91. The molecule has 1 aliphatic rings. The first-order chi connectivity index (χ1) is 18.2. The third kappa shape index (κ3) is 13.4. The Hall–Kier alpha value is -3.19. The van der Waals surface area contributed by atoms with Crippen LogP contribution in [-0.2, 0) is 4.79 Å². The number of Topliss-reactive ketones (excluding diaryl/α,β-unsaturated/α-hetero) is 1. The Morgan fingerprint density at radius 2 is 1.92 bits per heavy atom. The number of hydrogen-bond donors (Lipinski definition) is 5. The quantitative estimate of drug-likeness (QED) is 0.0693. The molecular weight excluding hydrogens is 476 g/mol. The van der Waals surface area contributed by atoms with Crippen molar-refractivity contribution in [2.24, 2.45) is 5.92 Å². The van der Waals surface area contributed by atoms with Crippen LogP contribution in [-0.4, -0.2) is 41.9 Å². The number of hydrogen-bond acceptors (Lipinski definition) is 5. The molecule has 1 unspecified atom stereocenters. The average Bonchev–Trinajstić information content (AvgIpc) is 3.15. The number of rotatable bonds is 17. The Balaban J connectivity index is 3.05. The lowest BCUT2D eigenvalue weighted by molar-refractivity contribution is -0.115. The van der Waals surface area contributed by atoms with E-state index in [1.807, 2.05) is 56.4 Å². The number of urea groups is 1. The molecule has 0 spiro atoms. The number of ketones is 1. The molecule has 1 aliphatic carbocycles. The zero-order chi connectivity index (χ0) is 28.3. The molecule has 0 saturated heterocycles. The van der Waals surface area contributed by atoms with Gasteiger partial charge in [0.15, 0.2) is 5.78 Å². The van der Waals surface area contributed by atoms with Crippen molar-refractivity contribution in [1.29, 1.82) is 5.41 Å². The highest BCUT2D eigenvalue weighted by atomic mass is 16.3. The minimum atomic E-state index is -0.386. The molecule has 0 aromatic rings. The van der Waals surface area contributed by atoms with E-state index >= 15 is 0 Å². The fourth-order valence-corrected chi connectivity index (χ4v) is 3.82. The molecule has 5 N–H and O–H groups in total. The Bertz CT molecular complexity index is 968. The fraction of sp³-hybridized carbons (Fsp3) is 0.516. The van der Waals surface area contributed by atoms with Gasteiger partial charge in [-0.15, -0.1) is 0 Å². The lowest BCUT2D eigenvalue weighted by Gasteiger charge is -2.23. The van der Waals surface area contributed by atoms with Crippen molar-refractivity contribution in [3.05, 3.63) is 71.0 Å². The molecular formula is C31H48N4O3. The lowest BCUT2D eigenvalue weighted by Crippen LogP contribution is -2.49. The van der Waals surface area contributed by atoms with Crippen molar-refractivity contribution >= 4 is 17.5 Å². The molecule has 2 amide bonds. The number of carbonyl (C=O) groups excluding carboxylic acids is 2. The average molecular weight is 525 g/mol. The SMILES string of the molecule is CC\C=C/C(=C\C(C(=O)CCC)=C(/C)C(C)C)CC(=N)CCC(NC(=O)NCCO)NC1=CC=CC=CC1. The summed E-state index contributed by atoms with van der Waals surface area (Å²) < 4.78 is 0. The van der Waals surface area contributed by atoms with Crippen molar-refractivity contribution in [3.8, 4) is 0 Å². The number of aliphatic hydroxyl groups excluding tert-OH is 1. The summed E-state index contributed by atoms with van der Waals surface area (Å²) in [6.45, 7) is 10.3. The molecule has 38 heavy (non-hydrogen) atoms. The molecule has 0 aliphatic heterocycles. The van der Waals surface area contributed by atoms with Crippen LogP contribution >= 0.6 is 0 Å². The van der Waals surface area contributed by atoms with Gasteiger partial charge < -0.3 is 26.5 Å². The maximum absolute atomic E-state index is 12.9. The molecule has 0 aromatic carbocycles. The molecule has 1 rings (SSSR count). The monoisotopic (exact) mass is 524 g/mol. The van der Waals surface area contributed by atoms with Crippen LogP contribution in [0.4, 0.5) is 4.79 Å². The topological polar surface area (TPSA) is 114 Å². The van der Waals surface area contributed by atoms with Crippen LogP contribution < -0.4 is 16.0 Å². The van der Waals surface area contributed by atoms with Crippen LogP contribution in [0.1, 0.15) is 79.6 Å². The van der Waals surface area contributed by atoms with Crippen molar-refractivity contribution in [1.82, 2.24) is 16.0 Å². The summed E-state index contributed by atoms with van der Waals surface area (Å²) in [5.74, 6) is 0.408. The van der Waals surface area contributed by atoms with Gasteiger partial charge in [0.05, 0.1) is 6.61 Å². The Kier molecular flexibility index (Phi) is 16.4. The molecule has 0 fully saturated rings. The minimum absolute atomic E-state index is 0.134. The van der Waals surface area contributed by atoms with Gasteiger partial charge in [0.2, 0.25) is 0 Å². The maximum Gasteiger partial charge on any atom is 0.316 e. The zero-order valence-corrected chi connectivity index (χ0v) is 23.9. The van der Waals surface area contributed by atoms with Gasteiger partial charge in [-0.3, -0.25) is 4.79 Å². The van der Waals surface area contributed by atoms with Gasteiger partial charge in [-0.1, -0.05) is 69.7 Å². The minimum Gasteiger partial charge on any atom is -0.395 e. The van der Waals surface area contributed by atoms with Crippen molar-refractivity contribution in [2.45, 2.75) is 85.7 Å². The summed E-state index contributed by atoms with van der Waals surface area (Å²) in [5.41, 5.74) is 4.26. The Morgan fingerprint density at radius 3 is 2.58 bits per heavy atom. The highest BCUT2D eigenvalue weighted by molar-refractivity contribution is 5.99. The molecule has 0 aromatic heterocycles. The number of allylic oxidation sites excluding steroid dienone is 11. The summed E-state index contributed by atoms with van der Waals surface area (Å²) in [6, 6.07) is -0.372. The summed E-state index contributed by atoms with van der Waals surface area (Å²) in [6.07, 6.45) is 19.9. The first kappa shape index (κ1) is 32.8.